The highest BCUT2D eigenvalue weighted by atomic mass is 16.5. The van der Waals surface area contributed by atoms with Gasteiger partial charge in [0.2, 0.25) is 0 Å². The Morgan fingerprint density at radius 1 is 1.20 bits per heavy atom. The Morgan fingerprint density at radius 3 is 2.63 bits per heavy atom. The number of nitrogens with zero attached hydrogens (tertiary/aromatic N) is 4. The molecule has 7 nitrogen and oxygen atoms in total. The maximum atomic E-state index is 10.6. The van der Waals surface area contributed by atoms with Gasteiger partial charge in [-0.2, -0.15) is 0 Å². The second kappa shape index (κ2) is 8.86. The van der Waals surface area contributed by atoms with Crippen molar-refractivity contribution in [1.29, 1.82) is 0 Å². The molecule has 2 aromatic heterocycles. The van der Waals surface area contributed by atoms with Crippen molar-refractivity contribution in [3.8, 4) is 0 Å². The largest absolute Gasteiger partial charge is 0.383 e. The molecular weight excluding hydrogens is 378 g/mol. The molecule has 0 spiro atoms. The van der Waals surface area contributed by atoms with Gasteiger partial charge in [0, 0.05) is 24.0 Å². The molecule has 1 aliphatic carbocycles. The van der Waals surface area contributed by atoms with Gasteiger partial charge in [-0.25, -0.2) is 9.97 Å². The Morgan fingerprint density at radius 2 is 1.97 bits per heavy atom. The quantitative estimate of drug-likeness (QED) is 0.570. The van der Waals surface area contributed by atoms with Crippen molar-refractivity contribution in [2.24, 2.45) is 5.92 Å². The zero-order chi connectivity index (χ0) is 21.9. The SMILES string of the molecule is Cc1c(N)ncnc1N(C1CCC(CCCc2cccnc2)C1)C(C)(C)C(C)(O)O. The summed E-state index contributed by atoms with van der Waals surface area (Å²) in [6.07, 6.45) is 11.6. The third-order valence-corrected chi connectivity index (χ3v) is 6.77. The molecule has 0 aromatic carbocycles. The predicted molar refractivity (Wildman–Crippen MR) is 119 cm³/mol. The van der Waals surface area contributed by atoms with Gasteiger partial charge in [0.25, 0.3) is 0 Å². The van der Waals surface area contributed by atoms with Gasteiger partial charge >= 0.3 is 0 Å². The first-order chi connectivity index (χ1) is 14.1. The van der Waals surface area contributed by atoms with Gasteiger partial charge < -0.3 is 20.8 Å². The Kier molecular flexibility index (Phi) is 6.62. The number of nitrogens with two attached hydrogens (primary N) is 1. The highest BCUT2D eigenvalue weighted by Crippen LogP contribution is 2.42. The van der Waals surface area contributed by atoms with E-state index in [2.05, 4.69) is 25.9 Å². The lowest BCUT2D eigenvalue weighted by Crippen LogP contribution is -2.63. The van der Waals surface area contributed by atoms with E-state index >= 15 is 0 Å². The third-order valence-electron chi connectivity index (χ3n) is 6.77. The van der Waals surface area contributed by atoms with E-state index in [4.69, 9.17) is 5.73 Å². The van der Waals surface area contributed by atoms with Gasteiger partial charge in [-0.1, -0.05) is 12.5 Å². The van der Waals surface area contributed by atoms with Crippen LogP contribution in [0.4, 0.5) is 11.6 Å². The fraction of sp³-hybridized carbons (Fsp3) is 0.609. The van der Waals surface area contributed by atoms with E-state index in [1.165, 1.54) is 18.8 Å². The van der Waals surface area contributed by atoms with Crippen molar-refractivity contribution in [1.82, 2.24) is 15.0 Å². The number of aliphatic hydroxyl groups is 2. The van der Waals surface area contributed by atoms with Crippen LogP contribution in [0, 0.1) is 12.8 Å². The van der Waals surface area contributed by atoms with Crippen molar-refractivity contribution in [2.45, 2.75) is 83.6 Å². The van der Waals surface area contributed by atoms with Gasteiger partial charge in [0.15, 0.2) is 5.79 Å². The fourth-order valence-electron chi connectivity index (χ4n) is 4.51. The molecule has 2 aromatic rings. The van der Waals surface area contributed by atoms with Crippen molar-refractivity contribution in [2.75, 3.05) is 10.6 Å². The van der Waals surface area contributed by atoms with Crippen LogP contribution in [0.25, 0.3) is 0 Å². The highest BCUT2D eigenvalue weighted by molar-refractivity contribution is 5.58. The molecule has 164 valence electrons. The monoisotopic (exact) mass is 413 g/mol. The van der Waals surface area contributed by atoms with Crippen molar-refractivity contribution in [3.05, 3.63) is 42.0 Å². The number of pyridine rings is 1. The van der Waals surface area contributed by atoms with Crippen LogP contribution in [0.1, 0.15) is 64.0 Å². The molecule has 1 saturated carbocycles. The second-order valence-corrected chi connectivity index (χ2v) is 9.24. The molecule has 0 bridgehead atoms. The van der Waals surface area contributed by atoms with E-state index in [1.807, 2.05) is 33.0 Å². The van der Waals surface area contributed by atoms with E-state index in [0.29, 0.717) is 17.6 Å². The molecule has 0 amide bonds. The van der Waals surface area contributed by atoms with Crippen LogP contribution in [0.3, 0.4) is 0 Å². The minimum absolute atomic E-state index is 0.162. The Labute approximate surface area is 179 Å². The summed E-state index contributed by atoms with van der Waals surface area (Å²) >= 11 is 0. The van der Waals surface area contributed by atoms with Gasteiger partial charge in [0.1, 0.15) is 18.0 Å². The summed E-state index contributed by atoms with van der Waals surface area (Å²) in [5.74, 6) is -0.197. The molecule has 2 atom stereocenters. The van der Waals surface area contributed by atoms with E-state index < -0.39 is 11.3 Å². The molecule has 3 rings (SSSR count). The summed E-state index contributed by atoms with van der Waals surface area (Å²) in [5.41, 5.74) is 7.15. The lowest BCUT2D eigenvalue weighted by molar-refractivity contribution is -0.188. The molecule has 2 heterocycles. The molecule has 2 unspecified atom stereocenters. The number of aryl methyl sites for hydroxylation is 1. The third kappa shape index (κ3) is 4.73. The van der Waals surface area contributed by atoms with Gasteiger partial charge in [-0.05, 0) is 77.3 Å². The van der Waals surface area contributed by atoms with Gasteiger partial charge in [0.05, 0.1) is 5.54 Å². The number of hydrogen-bond donors (Lipinski definition) is 3. The second-order valence-electron chi connectivity index (χ2n) is 9.24. The highest BCUT2D eigenvalue weighted by Gasteiger charge is 2.48. The number of aromatic nitrogens is 3. The first-order valence-corrected chi connectivity index (χ1v) is 10.8. The normalized spacial score (nSPS) is 19.8. The topological polar surface area (TPSA) is 108 Å². The molecule has 4 N–H and O–H groups in total. The maximum absolute atomic E-state index is 10.6. The molecule has 7 heteroatoms. The average molecular weight is 414 g/mol. The van der Waals surface area contributed by atoms with Crippen LogP contribution in [0.5, 0.6) is 0 Å². The van der Waals surface area contributed by atoms with Crippen LogP contribution >= 0.6 is 0 Å². The molecular formula is C23H35N5O2. The van der Waals surface area contributed by atoms with Crippen LogP contribution in [-0.4, -0.2) is 42.5 Å². The van der Waals surface area contributed by atoms with Crippen LogP contribution in [-0.2, 0) is 6.42 Å². The average Bonchev–Trinajstić information content (AvgIpc) is 3.13. The number of anilines is 2. The minimum Gasteiger partial charge on any atom is -0.383 e. The van der Waals surface area contributed by atoms with Crippen LogP contribution < -0.4 is 10.6 Å². The summed E-state index contributed by atoms with van der Waals surface area (Å²) in [4.78, 5) is 14.8. The Bertz CT molecular complexity index is 835. The van der Waals surface area contributed by atoms with E-state index in [9.17, 15) is 10.2 Å². The molecule has 1 fully saturated rings. The van der Waals surface area contributed by atoms with Crippen molar-refractivity contribution in [3.63, 3.8) is 0 Å². The lowest BCUT2D eigenvalue weighted by atomic mass is 9.89. The van der Waals surface area contributed by atoms with Gasteiger partial charge in [-0.15, -0.1) is 0 Å². The zero-order valence-corrected chi connectivity index (χ0v) is 18.5. The van der Waals surface area contributed by atoms with Crippen molar-refractivity contribution >= 4 is 11.6 Å². The van der Waals surface area contributed by atoms with Crippen molar-refractivity contribution < 1.29 is 10.2 Å². The number of hydrogen-bond acceptors (Lipinski definition) is 7. The first kappa shape index (κ1) is 22.4. The molecule has 0 radical (unpaired) electrons. The first-order valence-electron chi connectivity index (χ1n) is 10.8. The summed E-state index contributed by atoms with van der Waals surface area (Å²) in [5, 5.41) is 21.1. The Hall–Kier alpha value is -2.25. The van der Waals surface area contributed by atoms with E-state index in [-0.39, 0.29) is 6.04 Å². The van der Waals surface area contributed by atoms with Crippen LogP contribution in [0.2, 0.25) is 0 Å². The van der Waals surface area contributed by atoms with E-state index in [0.717, 1.165) is 44.1 Å². The number of rotatable bonds is 8. The summed E-state index contributed by atoms with van der Waals surface area (Å²) < 4.78 is 0. The summed E-state index contributed by atoms with van der Waals surface area (Å²) in [7, 11) is 0. The molecule has 1 aliphatic rings. The Balaban J connectivity index is 1.75. The zero-order valence-electron chi connectivity index (χ0n) is 18.5. The van der Waals surface area contributed by atoms with Gasteiger partial charge in [-0.3, -0.25) is 4.98 Å². The maximum Gasteiger partial charge on any atom is 0.183 e. The predicted octanol–water partition coefficient (Wildman–Crippen LogP) is 3.24. The van der Waals surface area contributed by atoms with E-state index in [1.54, 1.807) is 6.20 Å². The molecule has 30 heavy (non-hydrogen) atoms. The summed E-state index contributed by atoms with van der Waals surface area (Å²) in [6.45, 7) is 7.02. The smallest absolute Gasteiger partial charge is 0.183 e. The minimum atomic E-state index is -1.91. The standard InChI is InChI=1S/C23H35N5O2/c1-16-20(24)26-15-27-21(16)28(22(2,3)23(4,29)30)19-11-10-17(13-19)7-5-8-18-9-6-12-25-14-18/h6,9,12,14-15,17,19,29-30H,5,7-8,10-11,13H2,1-4H3,(H2,24,26,27). The number of nitrogen functional groups attached to an aromatic ring is 1. The summed E-state index contributed by atoms with van der Waals surface area (Å²) in [6, 6.07) is 4.27. The fourth-order valence-corrected chi connectivity index (χ4v) is 4.51. The molecule has 0 aliphatic heterocycles. The van der Waals surface area contributed by atoms with Crippen LogP contribution in [0.15, 0.2) is 30.9 Å². The lowest BCUT2D eigenvalue weighted by Gasteiger charge is -2.49. The molecule has 0 saturated heterocycles.